The maximum absolute atomic E-state index is 6.84. The summed E-state index contributed by atoms with van der Waals surface area (Å²) in [7, 11) is 0. The maximum atomic E-state index is 6.84. The van der Waals surface area contributed by atoms with Crippen LogP contribution in [0.4, 0.5) is 45.5 Å². The Hall–Kier alpha value is -7.50. The molecule has 0 bridgehead atoms. The Bertz CT molecular complexity index is 3600. The number of fused-ring (bicyclic) bond motifs is 11. The predicted octanol–water partition coefficient (Wildman–Crippen LogP) is 14.2. The zero-order chi connectivity index (χ0) is 43.0. The van der Waals surface area contributed by atoms with Crippen molar-refractivity contribution in [3.63, 3.8) is 0 Å². The number of hydrogen-bond donors (Lipinski definition) is 0. The van der Waals surface area contributed by atoms with Crippen molar-refractivity contribution in [3.05, 3.63) is 200 Å². The average molecular weight is 836 g/mol. The summed E-state index contributed by atoms with van der Waals surface area (Å²) in [6, 6.07) is 71.9. The van der Waals surface area contributed by atoms with Crippen molar-refractivity contribution < 1.29 is 4.42 Å². The van der Waals surface area contributed by atoms with E-state index in [1.807, 2.05) is 0 Å². The molecular weight excluding hydrogens is 789 g/mol. The lowest BCUT2D eigenvalue weighted by atomic mass is 9.33. The molecule has 1 saturated carbocycles. The number of anilines is 8. The highest BCUT2D eigenvalue weighted by Gasteiger charge is 2.61. The van der Waals surface area contributed by atoms with Gasteiger partial charge in [-0.15, -0.1) is 0 Å². The molecule has 1 aromatic heterocycles. The molecule has 4 heterocycles. The van der Waals surface area contributed by atoms with E-state index in [1.54, 1.807) is 0 Å². The summed E-state index contributed by atoms with van der Waals surface area (Å²) in [4.78, 5) is 7.75. The highest BCUT2D eigenvalue weighted by atomic mass is 16.3. The normalized spacial score (nSPS) is 19.0. The monoisotopic (exact) mass is 835 g/mol. The fourth-order valence-corrected chi connectivity index (χ4v) is 12.7. The molecule has 310 valence electrons. The highest BCUT2D eigenvalue weighted by Crippen LogP contribution is 2.61. The lowest BCUT2D eigenvalue weighted by Crippen LogP contribution is -2.64. The highest BCUT2D eigenvalue weighted by molar-refractivity contribution is 7.00. The van der Waals surface area contributed by atoms with E-state index in [0.717, 1.165) is 50.3 Å². The van der Waals surface area contributed by atoms with Gasteiger partial charge in [-0.05, 0) is 130 Å². The SMILES string of the molecule is CC12CCCCC1(C)N1c3cccc4c3B(c3ccc(N(c5cccc(-c6ccc7ccccc7c6)c5)c5cccc6c5oc5ccccc56)cc3N4c3ccccc3)c3cccc2c31. The smallest absolute Gasteiger partial charge is 0.252 e. The fraction of sp³-hybridized carbons (Fsp3) is 0.133. The van der Waals surface area contributed by atoms with E-state index in [9.17, 15) is 0 Å². The van der Waals surface area contributed by atoms with E-state index in [4.69, 9.17) is 4.42 Å². The Morgan fingerprint density at radius 1 is 0.538 bits per heavy atom. The second-order valence-electron chi connectivity index (χ2n) is 19.1. The predicted molar refractivity (Wildman–Crippen MR) is 273 cm³/mol. The van der Waals surface area contributed by atoms with Gasteiger partial charge in [0.05, 0.1) is 11.2 Å². The minimum atomic E-state index is -0.00888. The van der Waals surface area contributed by atoms with Crippen molar-refractivity contribution in [2.24, 2.45) is 0 Å². The van der Waals surface area contributed by atoms with Gasteiger partial charge in [0, 0.05) is 56.0 Å². The second kappa shape index (κ2) is 13.5. The molecule has 2 atom stereocenters. The molecule has 0 amide bonds. The van der Waals surface area contributed by atoms with Gasteiger partial charge < -0.3 is 19.1 Å². The molecule has 0 N–H and O–H groups in total. The van der Waals surface area contributed by atoms with Gasteiger partial charge in [0.2, 0.25) is 0 Å². The van der Waals surface area contributed by atoms with Gasteiger partial charge in [-0.2, -0.15) is 0 Å². The molecule has 1 fully saturated rings. The first-order chi connectivity index (χ1) is 32.0. The quantitative estimate of drug-likeness (QED) is 0.161. The molecule has 2 unspecified atom stereocenters. The van der Waals surface area contributed by atoms with Gasteiger partial charge in [-0.1, -0.05) is 147 Å². The topological polar surface area (TPSA) is 22.9 Å². The van der Waals surface area contributed by atoms with Crippen LogP contribution in [0, 0.1) is 0 Å². The third-order valence-corrected chi connectivity index (χ3v) is 15.9. The number of rotatable bonds is 5. The summed E-state index contributed by atoms with van der Waals surface area (Å²) in [5, 5.41) is 4.69. The molecule has 0 spiro atoms. The zero-order valence-electron chi connectivity index (χ0n) is 36.6. The molecule has 1 aliphatic carbocycles. The number of benzene rings is 9. The first-order valence-corrected chi connectivity index (χ1v) is 23.3. The van der Waals surface area contributed by atoms with E-state index in [1.165, 1.54) is 86.7 Å². The third-order valence-electron chi connectivity index (χ3n) is 15.9. The molecule has 14 rings (SSSR count). The van der Waals surface area contributed by atoms with Crippen molar-refractivity contribution in [3.8, 4) is 11.1 Å². The lowest BCUT2D eigenvalue weighted by Gasteiger charge is -2.52. The summed E-state index contributed by atoms with van der Waals surface area (Å²) in [6.45, 7) is 5.19. The van der Waals surface area contributed by atoms with Gasteiger partial charge in [0.25, 0.3) is 6.71 Å². The molecule has 10 aromatic rings. The molecular formula is C60H46BN3O. The summed E-state index contributed by atoms with van der Waals surface area (Å²) in [5.41, 5.74) is 19.3. The van der Waals surface area contributed by atoms with Crippen LogP contribution in [0.25, 0.3) is 43.8 Å². The fourth-order valence-electron chi connectivity index (χ4n) is 12.7. The summed E-state index contributed by atoms with van der Waals surface area (Å²) in [5.74, 6) is 0. The Labute approximate surface area is 380 Å². The van der Waals surface area contributed by atoms with E-state index in [-0.39, 0.29) is 17.7 Å². The van der Waals surface area contributed by atoms with Crippen LogP contribution < -0.4 is 31.1 Å². The molecule has 9 aromatic carbocycles. The van der Waals surface area contributed by atoms with Gasteiger partial charge in [-0.3, -0.25) is 0 Å². The molecule has 0 saturated heterocycles. The van der Waals surface area contributed by atoms with Crippen LogP contribution >= 0.6 is 0 Å². The van der Waals surface area contributed by atoms with Gasteiger partial charge in [0.15, 0.2) is 5.58 Å². The van der Waals surface area contributed by atoms with Crippen LogP contribution in [0.3, 0.4) is 0 Å². The molecule has 3 aliphatic heterocycles. The Balaban J connectivity index is 1.02. The number of nitrogens with zero attached hydrogens (tertiary/aromatic N) is 3. The van der Waals surface area contributed by atoms with E-state index >= 15 is 0 Å². The van der Waals surface area contributed by atoms with Crippen molar-refractivity contribution in [1.29, 1.82) is 0 Å². The Morgan fingerprint density at radius 3 is 2.20 bits per heavy atom. The first-order valence-electron chi connectivity index (χ1n) is 23.3. The van der Waals surface area contributed by atoms with E-state index < -0.39 is 0 Å². The summed E-state index contributed by atoms with van der Waals surface area (Å²) in [6.07, 6.45) is 4.93. The Kier molecular flexibility index (Phi) is 7.68. The van der Waals surface area contributed by atoms with Crippen molar-refractivity contribution in [1.82, 2.24) is 0 Å². The first kappa shape index (κ1) is 36.9. The molecule has 5 heteroatoms. The number of furan rings is 1. The van der Waals surface area contributed by atoms with Gasteiger partial charge in [0.1, 0.15) is 5.58 Å². The third kappa shape index (κ3) is 5.04. The molecule has 4 aliphatic rings. The standard InChI is InChI=1S/C60H46BN3O/c1-59-34-10-11-35-60(59,2)64-52-27-15-26-51-56(52)61(50-25-14-24-48(59)57(50)64)49-33-32-45(38-54(49)63(51)43-19-4-3-5-20-43)62(53-28-13-23-47-46-22-8-9-29-55(46)65-58(47)53)44-21-12-18-41(37-44)42-31-30-39-16-6-7-17-40(39)36-42/h3-9,12-33,36-38H,10-11,34-35H2,1-2H3. The molecule has 0 radical (unpaired) electrons. The van der Waals surface area contributed by atoms with Crippen LogP contribution in [-0.2, 0) is 5.41 Å². The largest absolute Gasteiger partial charge is 0.454 e. The van der Waals surface area contributed by atoms with Crippen LogP contribution in [-0.4, -0.2) is 12.3 Å². The molecule has 4 nitrogen and oxygen atoms in total. The van der Waals surface area contributed by atoms with Crippen LogP contribution in [0.5, 0.6) is 0 Å². The minimum absolute atomic E-state index is 0.00888. The van der Waals surface area contributed by atoms with Crippen molar-refractivity contribution >= 4 is 101 Å². The van der Waals surface area contributed by atoms with E-state index in [0.29, 0.717) is 0 Å². The molecule has 65 heavy (non-hydrogen) atoms. The number of para-hydroxylation sites is 4. The minimum Gasteiger partial charge on any atom is -0.454 e. The summed E-state index contributed by atoms with van der Waals surface area (Å²) >= 11 is 0. The van der Waals surface area contributed by atoms with Crippen LogP contribution in [0.2, 0.25) is 0 Å². The van der Waals surface area contributed by atoms with Crippen molar-refractivity contribution in [2.45, 2.75) is 50.5 Å². The van der Waals surface area contributed by atoms with Crippen LogP contribution in [0.1, 0.15) is 45.1 Å². The lowest BCUT2D eigenvalue weighted by molar-refractivity contribution is 0.195. The van der Waals surface area contributed by atoms with Crippen molar-refractivity contribution in [2.75, 3.05) is 14.7 Å². The second-order valence-corrected chi connectivity index (χ2v) is 19.1. The average Bonchev–Trinajstić information content (AvgIpc) is 3.84. The van der Waals surface area contributed by atoms with E-state index in [2.05, 4.69) is 223 Å². The van der Waals surface area contributed by atoms with Crippen LogP contribution in [0.15, 0.2) is 199 Å². The van der Waals surface area contributed by atoms with Gasteiger partial charge >= 0.3 is 0 Å². The Morgan fingerprint density at radius 2 is 1.28 bits per heavy atom. The zero-order valence-corrected chi connectivity index (χ0v) is 36.6. The van der Waals surface area contributed by atoms with Gasteiger partial charge in [-0.25, -0.2) is 0 Å². The number of hydrogen-bond acceptors (Lipinski definition) is 4. The summed E-state index contributed by atoms with van der Waals surface area (Å²) < 4.78 is 6.84. The maximum Gasteiger partial charge on any atom is 0.252 e.